The van der Waals surface area contributed by atoms with Crippen LogP contribution in [0.1, 0.15) is 31.8 Å². The molecule has 1 aliphatic rings. The lowest BCUT2D eigenvalue weighted by molar-refractivity contribution is -0.151. The number of fused-ring (bicyclic) bond motifs is 1. The quantitative estimate of drug-likeness (QED) is 0.139. The van der Waals surface area contributed by atoms with Crippen LogP contribution >= 0.6 is 58.0 Å². The second-order valence-electron chi connectivity index (χ2n) is 8.31. The van der Waals surface area contributed by atoms with Crippen LogP contribution in [0.5, 0.6) is 0 Å². The molecule has 0 fully saturated rings. The van der Waals surface area contributed by atoms with Crippen molar-refractivity contribution in [2.24, 2.45) is 0 Å². The Kier molecular flexibility index (Phi) is 8.55. The molecular formula is C26H17Cl5N2O5. The van der Waals surface area contributed by atoms with Gasteiger partial charge < -0.3 is 10.1 Å². The summed E-state index contributed by atoms with van der Waals surface area (Å²) in [7, 11) is 0. The zero-order valence-electron chi connectivity index (χ0n) is 19.5. The average Bonchev–Trinajstić information content (AvgIpc) is 3.15. The second kappa shape index (κ2) is 11.5. The maximum Gasteiger partial charge on any atom is 0.330 e. The number of rotatable bonds is 7. The van der Waals surface area contributed by atoms with Crippen molar-refractivity contribution in [2.75, 3.05) is 11.9 Å². The predicted octanol–water partition coefficient (Wildman–Crippen LogP) is 6.65. The molecule has 0 aliphatic carbocycles. The van der Waals surface area contributed by atoms with Gasteiger partial charge in [-0.05, 0) is 36.2 Å². The Balaban J connectivity index is 1.60. The third-order valence-electron chi connectivity index (χ3n) is 5.80. The van der Waals surface area contributed by atoms with E-state index in [9.17, 15) is 19.2 Å². The largest absolute Gasteiger partial charge is 0.454 e. The van der Waals surface area contributed by atoms with E-state index in [0.717, 1.165) is 0 Å². The fourth-order valence-corrected chi connectivity index (χ4v) is 5.19. The van der Waals surface area contributed by atoms with Crippen LogP contribution in [0.4, 0.5) is 5.69 Å². The van der Waals surface area contributed by atoms with Gasteiger partial charge in [-0.1, -0.05) is 88.3 Å². The molecule has 0 saturated heterocycles. The first kappa shape index (κ1) is 28.2. The summed E-state index contributed by atoms with van der Waals surface area (Å²) in [6.45, 7) is 1.08. The van der Waals surface area contributed by atoms with Gasteiger partial charge in [0.15, 0.2) is 6.61 Å². The fourth-order valence-electron chi connectivity index (χ4n) is 3.95. The normalized spacial score (nSPS) is 13.4. The van der Waals surface area contributed by atoms with Crippen LogP contribution in [0.2, 0.25) is 25.1 Å². The number of imide groups is 1. The summed E-state index contributed by atoms with van der Waals surface area (Å²) in [5.41, 5.74) is 1.28. The molecule has 0 spiro atoms. The molecule has 12 heteroatoms. The number of ether oxygens (including phenoxy) is 1. The van der Waals surface area contributed by atoms with E-state index >= 15 is 0 Å². The van der Waals surface area contributed by atoms with E-state index in [1.54, 1.807) is 55.5 Å². The number of halogens is 5. The molecule has 3 aromatic carbocycles. The van der Waals surface area contributed by atoms with Gasteiger partial charge in [0.2, 0.25) is 0 Å². The van der Waals surface area contributed by atoms with Crippen molar-refractivity contribution >= 4 is 87.4 Å². The standard InChI is InChI=1S/C26H17Cl5N2O5/c1-12-9-14(27)7-8-15(12)32-17(34)11-38-26(37)16(10-13-5-3-2-4-6-13)33-24(35)18-19(25(33)36)21(29)23(31)22(30)20(18)28/h2-9,16H,10-11H2,1H3,(H,32,34)/t16-/m1/s1. The van der Waals surface area contributed by atoms with E-state index in [1.165, 1.54) is 0 Å². The van der Waals surface area contributed by atoms with Gasteiger partial charge in [0.25, 0.3) is 17.7 Å². The first-order valence-corrected chi connectivity index (χ1v) is 12.9. The maximum atomic E-state index is 13.4. The van der Waals surface area contributed by atoms with Gasteiger partial charge in [-0.15, -0.1) is 0 Å². The van der Waals surface area contributed by atoms with E-state index in [4.69, 9.17) is 62.7 Å². The van der Waals surface area contributed by atoms with Gasteiger partial charge in [0, 0.05) is 17.1 Å². The summed E-state index contributed by atoms with van der Waals surface area (Å²) in [6, 6.07) is 12.1. The summed E-state index contributed by atoms with van der Waals surface area (Å²) in [4.78, 5) is 53.2. The number of carbonyl (C=O) groups is 4. The minimum Gasteiger partial charge on any atom is -0.454 e. The van der Waals surface area contributed by atoms with Crippen LogP contribution < -0.4 is 5.32 Å². The Labute approximate surface area is 242 Å². The van der Waals surface area contributed by atoms with Crippen LogP contribution in [0.25, 0.3) is 0 Å². The van der Waals surface area contributed by atoms with Crippen molar-refractivity contribution in [3.63, 3.8) is 0 Å². The molecule has 0 unspecified atom stereocenters. The molecule has 1 N–H and O–H groups in total. The number of carbonyl (C=O) groups excluding carboxylic acids is 4. The van der Waals surface area contributed by atoms with E-state index < -0.39 is 36.3 Å². The number of esters is 1. The Morgan fingerprint density at radius 2 is 1.45 bits per heavy atom. The Hall–Kier alpha value is -2.81. The first-order chi connectivity index (χ1) is 18.0. The molecule has 196 valence electrons. The van der Waals surface area contributed by atoms with Crippen molar-refractivity contribution in [2.45, 2.75) is 19.4 Å². The summed E-state index contributed by atoms with van der Waals surface area (Å²) in [6.07, 6.45) is -0.0975. The number of amides is 3. The minimum atomic E-state index is -1.44. The molecule has 3 aromatic rings. The highest BCUT2D eigenvalue weighted by molar-refractivity contribution is 6.55. The number of nitrogens with zero attached hydrogens (tertiary/aromatic N) is 1. The minimum absolute atomic E-state index is 0.0975. The van der Waals surface area contributed by atoms with E-state index in [0.29, 0.717) is 26.7 Å². The number of nitrogens with one attached hydrogen (secondary N) is 1. The first-order valence-electron chi connectivity index (χ1n) is 11.0. The number of hydrogen-bond acceptors (Lipinski definition) is 5. The lowest BCUT2D eigenvalue weighted by Crippen LogP contribution is -2.47. The van der Waals surface area contributed by atoms with Crippen molar-refractivity contribution in [1.29, 1.82) is 0 Å². The molecule has 0 bridgehead atoms. The predicted molar refractivity (Wildman–Crippen MR) is 147 cm³/mol. The van der Waals surface area contributed by atoms with Gasteiger partial charge >= 0.3 is 5.97 Å². The molecule has 0 saturated carbocycles. The van der Waals surface area contributed by atoms with Crippen molar-refractivity contribution in [1.82, 2.24) is 4.90 Å². The van der Waals surface area contributed by atoms with Crippen LogP contribution in [0.15, 0.2) is 48.5 Å². The number of aryl methyl sites for hydroxylation is 1. The van der Waals surface area contributed by atoms with Gasteiger partial charge in [-0.3, -0.25) is 19.3 Å². The SMILES string of the molecule is Cc1cc(Cl)ccc1NC(=O)COC(=O)[C@@H](Cc1ccccc1)N1C(=O)c2c(Cl)c(Cl)c(Cl)c(Cl)c2C1=O. The Morgan fingerprint density at radius 1 is 0.868 bits per heavy atom. The molecule has 38 heavy (non-hydrogen) atoms. The highest BCUT2D eigenvalue weighted by Gasteiger charge is 2.47. The Bertz CT molecular complexity index is 1430. The molecule has 1 atom stereocenters. The molecule has 0 radical (unpaired) electrons. The molecule has 1 aliphatic heterocycles. The van der Waals surface area contributed by atoms with E-state index in [-0.39, 0.29) is 37.6 Å². The van der Waals surface area contributed by atoms with Crippen LogP contribution in [0.3, 0.4) is 0 Å². The number of hydrogen-bond donors (Lipinski definition) is 1. The average molecular weight is 615 g/mol. The van der Waals surface area contributed by atoms with Gasteiger partial charge in [0.05, 0.1) is 31.2 Å². The summed E-state index contributed by atoms with van der Waals surface area (Å²) >= 11 is 30.6. The van der Waals surface area contributed by atoms with Crippen molar-refractivity contribution < 1.29 is 23.9 Å². The number of benzene rings is 3. The molecule has 1 heterocycles. The molecule has 4 rings (SSSR count). The second-order valence-corrected chi connectivity index (χ2v) is 10.3. The van der Waals surface area contributed by atoms with E-state index in [2.05, 4.69) is 5.32 Å². The zero-order valence-corrected chi connectivity index (χ0v) is 23.3. The zero-order chi connectivity index (χ0) is 27.7. The summed E-state index contributed by atoms with van der Waals surface area (Å²) < 4.78 is 5.25. The molecule has 7 nitrogen and oxygen atoms in total. The van der Waals surface area contributed by atoms with Gasteiger partial charge in [0.1, 0.15) is 6.04 Å². The summed E-state index contributed by atoms with van der Waals surface area (Å²) in [5.74, 6) is -3.41. The number of anilines is 1. The third-order valence-corrected chi connectivity index (χ3v) is 7.83. The van der Waals surface area contributed by atoms with Crippen molar-refractivity contribution in [3.8, 4) is 0 Å². The Morgan fingerprint density at radius 3 is 2.00 bits per heavy atom. The highest BCUT2D eigenvalue weighted by Crippen LogP contribution is 2.45. The monoisotopic (exact) mass is 612 g/mol. The van der Waals surface area contributed by atoms with Gasteiger partial charge in [-0.2, -0.15) is 0 Å². The summed E-state index contributed by atoms with van der Waals surface area (Å²) in [5, 5.41) is 2.20. The fraction of sp³-hybridized carbons (Fsp3) is 0.154. The smallest absolute Gasteiger partial charge is 0.330 e. The van der Waals surface area contributed by atoms with Crippen LogP contribution in [0, 0.1) is 6.92 Å². The molecular weight excluding hydrogens is 598 g/mol. The lowest BCUT2D eigenvalue weighted by Gasteiger charge is -2.24. The lowest BCUT2D eigenvalue weighted by atomic mass is 10.0. The highest BCUT2D eigenvalue weighted by atomic mass is 35.5. The van der Waals surface area contributed by atoms with Crippen LogP contribution in [-0.2, 0) is 20.7 Å². The van der Waals surface area contributed by atoms with Crippen molar-refractivity contribution in [3.05, 3.63) is 95.9 Å². The molecule has 0 aromatic heterocycles. The third kappa shape index (κ3) is 5.48. The maximum absolute atomic E-state index is 13.4. The van der Waals surface area contributed by atoms with E-state index in [1.807, 2.05) is 0 Å². The molecule has 3 amide bonds. The topological polar surface area (TPSA) is 92.8 Å². The van der Waals surface area contributed by atoms with Crippen LogP contribution in [-0.4, -0.2) is 41.2 Å². The van der Waals surface area contributed by atoms with Gasteiger partial charge in [-0.25, -0.2) is 4.79 Å².